The lowest BCUT2D eigenvalue weighted by Crippen LogP contribution is -2.31. The van der Waals surface area contributed by atoms with Crippen LogP contribution in [0.4, 0.5) is 23.0 Å². The minimum absolute atomic E-state index is 0.542. The van der Waals surface area contributed by atoms with E-state index in [1.807, 2.05) is 25.1 Å². The van der Waals surface area contributed by atoms with Gasteiger partial charge in [0.1, 0.15) is 17.8 Å². The van der Waals surface area contributed by atoms with E-state index in [0.717, 1.165) is 42.3 Å². The van der Waals surface area contributed by atoms with Gasteiger partial charge in [0, 0.05) is 13.1 Å². The molecule has 0 bridgehead atoms. The number of nitrogens with two attached hydrogens (primary N) is 1. The molecule has 0 atom stereocenters. The number of methoxy groups -OCH3 is 1. The molecule has 0 amide bonds. The molecule has 138 valence electrons. The van der Waals surface area contributed by atoms with Crippen LogP contribution in [-0.4, -0.2) is 23.6 Å². The Morgan fingerprint density at radius 3 is 2.74 bits per heavy atom. The first kappa shape index (κ1) is 17.1. The Kier molecular flexibility index (Phi) is 4.54. The predicted octanol–water partition coefficient (Wildman–Crippen LogP) is 3.68. The number of hydrogen-bond acceptors (Lipinski definition) is 6. The first-order chi connectivity index (χ1) is 13.2. The highest BCUT2D eigenvalue weighted by Gasteiger charge is 2.21. The normalized spacial score (nSPS) is 13.2. The Labute approximate surface area is 159 Å². The number of ether oxygens (including phenoxy) is 1. The van der Waals surface area contributed by atoms with E-state index in [2.05, 4.69) is 44.5 Å². The lowest BCUT2D eigenvalue weighted by Gasteiger charge is -2.30. The van der Waals surface area contributed by atoms with Crippen LogP contribution in [0, 0.1) is 6.92 Å². The van der Waals surface area contributed by atoms with Gasteiger partial charge in [-0.15, -0.1) is 0 Å². The van der Waals surface area contributed by atoms with E-state index in [1.54, 1.807) is 13.4 Å². The van der Waals surface area contributed by atoms with E-state index < -0.39 is 0 Å². The maximum absolute atomic E-state index is 6.44. The third-order valence-corrected chi connectivity index (χ3v) is 4.90. The third-order valence-electron chi connectivity index (χ3n) is 4.90. The van der Waals surface area contributed by atoms with Crippen molar-refractivity contribution in [3.05, 3.63) is 65.5 Å². The summed E-state index contributed by atoms with van der Waals surface area (Å²) in [7, 11) is 1.65. The van der Waals surface area contributed by atoms with Crippen LogP contribution in [0.5, 0.6) is 5.75 Å². The molecule has 0 saturated heterocycles. The van der Waals surface area contributed by atoms with Crippen LogP contribution < -0.4 is 20.7 Å². The van der Waals surface area contributed by atoms with Crippen LogP contribution in [0.3, 0.4) is 0 Å². The van der Waals surface area contributed by atoms with Crippen molar-refractivity contribution >= 4 is 23.0 Å². The number of nitrogens with one attached hydrogen (secondary N) is 1. The van der Waals surface area contributed by atoms with Crippen molar-refractivity contribution < 1.29 is 4.74 Å². The fraction of sp³-hybridized carbons (Fsp3) is 0.238. The Hall–Kier alpha value is -3.28. The van der Waals surface area contributed by atoms with Gasteiger partial charge in [0.05, 0.1) is 12.8 Å². The fourth-order valence-corrected chi connectivity index (χ4v) is 3.46. The second-order valence-corrected chi connectivity index (χ2v) is 6.73. The highest BCUT2D eigenvalue weighted by molar-refractivity contribution is 5.80. The van der Waals surface area contributed by atoms with Crippen molar-refractivity contribution in [2.75, 3.05) is 29.6 Å². The van der Waals surface area contributed by atoms with Gasteiger partial charge in [-0.1, -0.05) is 30.3 Å². The number of rotatable bonds is 4. The third kappa shape index (κ3) is 3.38. The van der Waals surface area contributed by atoms with Gasteiger partial charge >= 0.3 is 0 Å². The summed E-state index contributed by atoms with van der Waals surface area (Å²) in [6, 6.07) is 14.5. The van der Waals surface area contributed by atoms with Crippen molar-refractivity contribution in [3.63, 3.8) is 0 Å². The van der Waals surface area contributed by atoms with Crippen LogP contribution in [0.2, 0.25) is 0 Å². The monoisotopic (exact) mass is 361 g/mol. The Morgan fingerprint density at radius 1 is 1.11 bits per heavy atom. The van der Waals surface area contributed by atoms with E-state index in [1.165, 1.54) is 11.1 Å². The van der Waals surface area contributed by atoms with Crippen LogP contribution in [0.15, 0.2) is 48.8 Å². The molecule has 1 aliphatic heterocycles. The van der Waals surface area contributed by atoms with E-state index >= 15 is 0 Å². The lowest BCUT2D eigenvalue weighted by atomic mass is 10.00. The first-order valence-electron chi connectivity index (χ1n) is 8.99. The zero-order valence-electron chi connectivity index (χ0n) is 15.6. The molecule has 2 heterocycles. The van der Waals surface area contributed by atoms with Gasteiger partial charge in [0.25, 0.3) is 0 Å². The van der Waals surface area contributed by atoms with E-state index in [9.17, 15) is 0 Å². The van der Waals surface area contributed by atoms with E-state index in [0.29, 0.717) is 11.5 Å². The summed E-state index contributed by atoms with van der Waals surface area (Å²) in [4.78, 5) is 11.0. The zero-order chi connectivity index (χ0) is 18.8. The fourth-order valence-electron chi connectivity index (χ4n) is 3.46. The number of benzene rings is 2. The van der Waals surface area contributed by atoms with Gasteiger partial charge < -0.3 is 20.7 Å². The Morgan fingerprint density at radius 2 is 1.93 bits per heavy atom. The quantitative estimate of drug-likeness (QED) is 0.738. The molecule has 0 saturated carbocycles. The average molecular weight is 361 g/mol. The average Bonchev–Trinajstić information content (AvgIpc) is 2.69. The Bertz CT molecular complexity index is 973. The van der Waals surface area contributed by atoms with Crippen LogP contribution >= 0.6 is 0 Å². The topological polar surface area (TPSA) is 76.3 Å². The summed E-state index contributed by atoms with van der Waals surface area (Å²) in [5.74, 6) is 2.09. The van der Waals surface area contributed by atoms with Crippen molar-refractivity contribution in [3.8, 4) is 5.75 Å². The highest BCUT2D eigenvalue weighted by Crippen LogP contribution is 2.34. The summed E-state index contributed by atoms with van der Waals surface area (Å²) in [6.45, 7) is 3.71. The molecular weight excluding hydrogens is 338 g/mol. The number of aryl methyl sites for hydroxylation is 1. The van der Waals surface area contributed by atoms with Crippen molar-refractivity contribution in [2.45, 2.75) is 19.9 Å². The molecule has 6 heteroatoms. The summed E-state index contributed by atoms with van der Waals surface area (Å²) in [6.07, 6.45) is 2.53. The smallest absolute Gasteiger partial charge is 0.159 e. The maximum Gasteiger partial charge on any atom is 0.159 e. The summed E-state index contributed by atoms with van der Waals surface area (Å²) < 4.78 is 5.44. The number of hydrogen-bond donors (Lipinski definition) is 2. The number of nitrogen functional groups attached to an aromatic ring is 1. The van der Waals surface area contributed by atoms with Gasteiger partial charge in [-0.2, -0.15) is 0 Å². The minimum atomic E-state index is 0.542. The van der Waals surface area contributed by atoms with Crippen molar-refractivity contribution in [1.29, 1.82) is 0 Å². The van der Waals surface area contributed by atoms with Gasteiger partial charge in [0.2, 0.25) is 0 Å². The molecule has 1 aliphatic rings. The highest BCUT2D eigenvalue weighted by atomic mass is 16.5. The number of nitrogens with zero attached hydrogens (tertiary/aromatic N) is 3. The molecular formula is C21H23N5O. The summed E-state index contributed by atoms with van der Waals surface area (Å²) >= 11 is 0. The lowest BCUT2D eigenvalue weighted by molar-refractivity contribution is 0.416. The number of anilines is 4. The van der Waals surface area contributed by atoms with E-state index in [4.69, 9.17) is 10.5 Å². The molecule has 0 fully saturated rings. The molecule has 0 unspecified atom stereocenters. The molecule has 0 aliphatic carbocycles. The van der Waals surface area contributed by atoms with E-state index in [-0.39, 0.29) is 0 Å². The Balaban J connectivity index is 1.64. The van der Waals surface area contributed by atoms with Gasteiger partial charge in [-0.25, -0.2) is 9.97 Å². The molecule has 6 nitrogen and oxygen atoms in total. The predicted molar refractivity (Wildman–Crippen MR) is 109 cm³/mol. The first-order valence-corrected chi connectivity index (χ1v) is 8.99. The second kappa shape index (κ2) is 7.15. The molecule has 27 heavy (non-hydrogen) atoms. The molecule has 0 radical (unpaired) electrons. The minimum Gasteiger partial charge on any atom is -0.495 e. The summed E-state index contributed by atoms with van der Waals surface area (Å²) in [5, 5.41) is 3.30. The molecule has 3 N–H and O–H groups in total. The molecule has 0 spiro atoms. The van der Waals surface area contributed by atoms with Gasteiger partial charge in [0.15, 0.2) is 11.6 Å². The van der Waals surface area contributed by atoms with Crippen molar-refractivity contribution in [2.24, 2.45) is 0 Å². The van der Waals surface area contributed by atoms with Crippen molar-refractivity contribution in [1.82, 2.24) is 9.97 Å². The standard InChI is InChI=1S/C21H23N5O/c1-14-7-8-18(27-2)17(11-14)25-20-19(22)21(24-13-23-20)26-10-9-15-5-3-4-6-16(15)12-26/h3-8,11,13H,9-10,12,22H2,1-2H3,(H,23,24,25). The van der Waals surface area contributed by atoms with Gasteiger partial charge in [-0.05, 0) is 42.2 Å². The maximum atomic E-state index is 6.44. The number of fused-ring (bicyclic) bond motifs is 1. The van der Waals surface area contributed by atoms with Crippen LogP contribution in [0.25, 0.3) is 0 Å². The number of aromatic nitrogens is 2. The van der Waals surface area contributed by atoms with Crippen LogP contribution in [0.1, 0.15) is 16.7 Å². The van der Waals surface area contributed by atoms with Gasteiger partial charge in [-0.3, -0.25) is 0 Å². The SMILES string of the molecule is COc1ccc(C)cc1Nc1ncnc(N2CCc3ccccc3C2)c1N. The molecule has 2 aromatic carbocycles. The summed E-state index contributed by atoms with van der Waals surface area (Å²) in [5.41, 5.74) is 11.6. The molecule has 1 aromatic heterocycles. The zero-order valence-corrected chi connectivity index (χ0v) is 15.6. The molecule has 4 rings (SSSR count). The largest absolute Gasteiger partial charge is 0.495 e. The molecule has 3 aromatic rings. The van der Waals surface area contributed by atoms with Crippen LogP contribution in [-0.2, 0) is 13.0 Å². The second-order valence-electron chi connectivity index (χ2n) is 6.73.